The van der Waals surface area contributed by atoms with E-state index in [-0.39, 0.29) is 5.91 Å². The van der Waals surface area contributed by atoms with Gasteiger partial charge in [0.15, 0.2) is 0 Å². The number of hydrogen-bond acceptors (Lipinski definition) is 5. The lowest BCUT2D eigenvalue weighted by atomic mass is 10.3. The van der Waals surface area contributed by atoms with Gasteiger partial charge in [0, 0.05) is 30.4 Å². The molecule has 0 aliphatic rings. The largest absolute Gasteiger partial charge is 0.322 e. The Labute approximate surface area is 143 Å². The van der Waals surface area contributed by atoms with E-state index in [1.807, 2.05) is 42.5 Å². The van der Waals surface area contributed by atoms with E-state index in [0.717, 1.165) is 15.7 Å². The van der Waals surface area contributed by atoms with Gasteiger partial charge in [-0.1, -0.05) is 23.9 Å². The topological polar surface area (TPSA) is 67.8 Å². The Bertz CT molecular complexity index is 838. The quantitative estimate of drug-likeness (QED) is 0.721. The minimum absolute atomic E-state index is 0.222. The Morgan fingerprint density at radius 2 is 1.71 bits per heavy atom. The minimum Gasteiger partial charge on any atom is -0.322 e. The summed E-state index contributed by atoms with van der Waals surface area (Å²) in [4.78, 5) is 24.6. The highest BCUT2D eigenvalue weighted by molar-refractivity contribution is 7.99. The fourth-order valence-corrected chi connectivity index (χ4v) is 2.65. The van der Waals surface area contributed by atoms with Crippen LogP contribution in [-0.4, -0.2) is 20.9 Å². The van der Waals surface area contributed by atoms with Crippen molar-refractivity contribution in [1.82, 2.24) is 15.0 Å². The molecular weight excluding hydrogens is 320 g/mol. The number of nitrogens with zero attached hydrogens (tertiary/aromatic N) is 3. The molecule has 0 unspecified atom stereocenters. The summed E-state index contributed by atoms with van der Waals surface area (Å²) in [5.41, 5.74) is 1.41. The Balaban J connectivity index is 1.64. The zero-order valence-electron chi connectivity index (χ0n) is 12.7. The van der Waals surface area contributed by atoms with Crippen LogP contribution < -0.4 is 5.32 Å². The maximum atomic E-state index is 12.0. The summed E-state index contributed by atoms with van der Waals surface area (Å²) < 4.78 is 0. The first-order valence-corrected chi connectivity index (χ1v) is 8.06. The van der Waals surface area contributed by atoms with E-state index in [0.29, 0.717) is 5.69 Å². The Morgan fingerprint density at radius 3 is 2.46 bits per heavy atom. The van der Waals surface area contributed by atoms with E-state index in [9.17, 15) is 4.79 Å². The zero-order valence-corrected chi connectivity index (χ0v) is 13.5. The molecule has 0 aliphatic carbocycles. The Kier molecular flexibility index (Phi) is 5.32. The molecule has 3 aromatic rings. The monoisotopic (exact) mass is 334 g/mol. The molecule has 0 atom stereocenters. The number of hydrogen-bond donors (Lipinski definition) is 1. The molecule has 0 spiro atoms. The fourth-order valence-electron chi connectivity index (χ4n) is 1.88. The van der Waals surface area contributed by atoms with Crippen molar-refractivity contribution in [1.29, 1.82) is 0 Å². The standard InChI is InChI=1S/C18H14N4OS/c23-16(8-7-14-5-1-3-10-19-14)22-15-9-12-21-18(13-15)24-17-6-2-4-11-20-17/h1-13H,(H,21,22,23)/b8-7+. The number of aromatic nitrogens is 3. The third-order valence-electron chi connectivity index (χ3n) is 2.94. The van der Waals surface area contributed by atoms with Gasteiger partial charge in [-0.05, 0) is 42.5 Å². The number of rotatable bonds is 5. The smallest absolute Gasteiger partial charge is 0.248 e. The molecule has 3 aromatic heterocycles. The highest BCUT2D eigenvalue weighted by Gasteiger charge is 2.03. The van der Waals surface area contributed by atoms with E-state index in [4.69, 9.17) is 0 Å². The molecule has 0 saturated carbocycles. The molecule has 0 radical (unpaired) electrons. The van der Waals surface area contributed by atoms with Crippen LogP contribution in [0.2, 0.25) is 0 Å². The SMILES string of the molecule is O=C(/C=C/c1ccccn1)Nc1ccnc(Sc2ccccn2)c1. The van der Waals surface area contributed by atoms with Gasteiger partial charge in [-0.15, -0.1) is 0 Å². The van der Waals surface area contributed by atoms with Crippen LogP contribution in [0.15, 0.2) is 83.2 Å². The Morgan fingerprint density at radius 1 is 0.917 bits per heavy atom. The third-order valence-corrected chi connectivity index (χ3v) is 3.83. The highest BCUT2D eigenvalue weighted by atomic mass is 32.2. The highest BCUT2D eigenvalue weighted by Crippen LogP contribution is 2.25. The molecule has 0 aromatic carbocycles. The maximum absolute atomic E-state index is 12.0. The van der Waals surface area contributed by atoms with E-state index in [2.05, 4.69) is 20.3 Å². The van der Waals surface area contributed by atoms with Crippen molar-refractivity contribution in [2.45, 2.75) is 10.1 Å². The molecule has 0 bridgehead atoms. The van der Waals surface area contributed by atoms with E-state index < -0.39 is 0 Å². The van der Waals surface area contributed by atoms with Crippen LogP contribution in [0, 0.1) is 0 Å². The van der Waals surface area contributed by atoms with Crippen LogP contribution in [0.5, 0.6) is 0 Å². The van der Waals surface area contributed by atoms with Crippen molar-refractivity contribution in [2.24, 2.45) is 0 Å². The zero-order chi connectivity index (χ0) is 16.6. The van der Waals surface area contributed by atoms with Crippen molar-refractivity contribution in [3.8, 4) is 0 Å². The predicted octanol–water partition coefficient (Wildman–Crippen LogP) is 3.67. The normalized spacial score (nSPS) is 10.7. The Hall–Kier alpha value is -2.99. The lowest BCUT2D eigenvalue weighted by Crippen LogP contribution is -2.07. The van der Waals surface area contributed by atoms with Crippen molar-refractivity contribution in [3.05, 3.63) is 78.9 Å². The van der Waals surface area contributed by atoms with Gasteiger partial charge in [0.25, 0.3) is 0 Å². The predicted molar refractivity (Wildman–Crippen MR) is 94.5 cm³/mol. The molecule has 118 valence electrons. The second kappa shape index (κ2) is 8.03. The van der Waals surface area contributed by atoms with Gasteiger partial charge >= 0.3 is 0 Å². The summed E-state index contributed by atoms with van der Waals surface area (Å²) in [5.74, 6) is -0.222. The summed E-state index contributed by atoms with van der Waals surface area (Å²) in [7, 11) is 0. The summed E-state index contributed by atoms with van der Waals surface area (Å²) in [6, 6.07) is 14.8. The van der Waals surface area contributed by atoms with Gasteiger partial charge in [-0.2, -0.15) is 0 Å². The van der Waals surface area contributed by atoms with E-state index in [1.54, 1.807) is 30.7 Å². The van der Waals surface area contributed by atoms with Gasteiger partial charge in [0.05, 0.1) is 5.69 Å². The van der Waals surface area contributed by atoms with Gasteiger partial charge in [-0.25, -0.2) is 9.97 Å². The van der Waals surface area contributed by atoms with Crippen LogP contribution in [0.3, 0.4) is 0 Å². The summed E-state index contributed by atoms with van der Waals surface area (Å²) in [6.45, 7) is 0. The summed E-state index contributed by atoms with van der Waals surface area (Å²) >= 11 is 1.44. The lowest BCUT2D eigenvalue weighted by molar-refractivity contribution is -0.111. The van der Waals surface area contributed by atoms with Crippen LogP contribution in [0.25, 0.3) is 6.08 Å². The summed E-state index contributed by atoms with van der Waals surface area (Å²) in [6.07, 6.45) is 8.19. The van der Waals surface area contributed by atoms with Crippen LogP contribution in [0.1, 0.15) is 5.69 Å². The molecular formula is C18H14N4OS. The van der Waals surface area contributed by atoms with Crippen LogP contribution >= 0.6 is 11.8 Å². The molecule has 3 heterocycles. The number of amides is 1. The minimum atomic E-state index is -0.222. The molecule has 0 aliphatic heterocycles. The first kappa shape index (κ1) is 15.9. The number of carbonyl (C=O) groups excluding carboxylic acids is 1. The van der Waals surface area contributed by atoms with E-state index in [1.165, 1.54) is 17.8 Å². The molecule has 5 nitrogen and oxygen atoms in total. The van der Waals surface area contributed by atoms with Crippen molar-refractivity contribution >= 4 is 29.4 Å². The molecule has 1 amide bonds. The number of pyridine rings is 3. The van der Waals surface area contributed by atoms with Gasteiger partial charge < -0.3 is 5.32 Å². The number of anilines is 1. The fraction of sp³-hybridized carbons (Fsp3) is 0. The van der Waals surface area contributed by atoms with E-state index >= 15 is 0 Å². The van der Waals surface area contributed by atoms with Crippen LogP contribution in [0.4, 0.5) is 5.69 Å². The maximum Gasteiger partial charge on any atom is 0.248 e. The first-order chi connectivity index (χ1) is 11.8. The van der Waals surface area contributed by atoms with Gasteiger partial charge in [0.1, 0.15) is 10.1 Å². The molecule has 24 heavy (non-hydrogen) atoms. The molecule has 0 fully saturated rings. The molecule has 0 saturated heterocycles. The van der Waals surface area contributed by atoms with Crippen molar-refractivity contribution < 1.29 is 4.79 Å². The molecule has 6 heteroatoms. The second-order valence-electron chi connectivity index (χ2n) is 4.73. The first-order valence-electron chi connectivity index (χ1n) is 7.25. The van der Waals surface area contributed by atoms with Crippen LogP contribution in [-0.2, 0) is 4.79 Å². The van der Waals surface area contributed by atoms with Gasteiger partial charge in [0.2, 0.25) is 5.91 Å². The lowest BCUT2D eigenvalue weighted by Gasteiger charge is -2.04. The van der Waals surface area contributed by atoms with Crippen molar-refractivity contribution in [2.75, 3.05) is 5.32 Å². The van der Waals surface area contributed by atoms with Gasteiger partial charge in [-0.3, -0.25) is 9.78 Å². The average Bonchev–Trinajstić information content (AvgIpc) is 2.62. The molecule has 1 N–H and O–H groups in total. The number of nitrogens with one attached hydrogen (secondary N) is 1. The molecule has 3 rings (SSSR count). The average molecular weight is 334 g/mol. The third kappa shape index (κ3) is 4.76. The van der Waals surface area contributed by atoms with Crippen molar-refractivity contribution in [3.63, 3.8) is 0 Å². The number of carbonyl (C=O) groups is 1. The summed E-state index contributed by atoms with van der Waals surface area (Å²) in [5, 5.41) is 4.43. The second-order valence-corrected chi connectivity index (χ2v) is 5.77.